The Hall–Kier alpha value is -3.53. The second-order valence-electron chi connectivity index (χ2n) is 8.10. The van der Waals surface area contributed by atoms with Crippen LogP contribution in [0.5, 0.6) is 0 Å². The first kappa shape index (κ1) is 24.1. The molecule has 1 aliphatic heterocycles. The first-order valence-corrected chi connectivity index (χ1v) is 10.7. The van der Waals surface area contributed by atoms with Gasteiger partial charge in [-0.25, -0.2) is 14.2 Å². The van der Waals surface area contributed by atoms with Crippen molar-refractivity contribution in [3.8, 4) is 0 Å². The van der Waals surface area contributed by atoms with Gasteiger partial charge in [-0.05, 0) is 38.1 Å². The summed E-state index contributed by atoms with van der Waals surface area (Å²) in [5, 5.41) is 7.97. The molecule has 10 heteroatoms. The van der Waals surface area contributed by atoms with Crippen LogP contribution in [0.4, 0.5) is 20.7 Å². The molecule has 1 aromatic carbocycles. The zero-order chi connectivity index (χ0) is 24.1. The van der Waals surface area contributed by atoms with E-state index in [0.717, 1.165) is 0 Å². The number of carbonyl (C=O) groups excluding carboxylic acids is 3. The molecule has 3 N–H and O–H groups in total. The minimum absolute atomic E-state index is 0.0395. The van der Waals surface area contributed by atoms with Gasteiger partial charge in [-0.1, -0.05) is 32.0 Å². The lowest BCUT2D eigenvalue weighted by Gasteiger charge is -2.31. The van der Waals surface area contributed by atoms with Gasteiger partial charge in [0, 0.05) is 18.2 Å². The van der Waals surface area contributed by atoms with Gasteiger partial charge in [0.15, 0.2) is 6.23 Å². The second kappa shape index (κ2) is 10.4. The molecule has 0 radical (unpaired) electrons. The van der Waals surface area contributed by atoms with Gasteiger partial charge in [-0.15, -0.1) is 0 Å². The number of amides is 3. The quantitative estimate of drug-likeness (QED) is 0.589. The largest absolute Gasteiger partial charge is 0.424 e. The Kier molecular flexibility index (Phi) is 7.59. The molecule has 33 heavy (non-hydrogen) atoms. The lowest BCUT2D eigenvalue weighted by atomic mass is 10.0. The molecule has 3 rings (SSSR count). The standard InChI is InChI=1S/C23H28FN5O4/c1-13(2)19(28-21(30)14(3)25-4)22(31)29-18(12-15-8-7-11-26-20(15)29)33-23(32)27-17-10-6-5-9-16(17)24/h5-11,13-14,18-19,25H,12H2,1-4H3,(H,27,32)(H,28,30)/t14-,18-,19-/m0/s1. The Morgan fingerprint density at radius 1 is 1.15 bits per heavy atom. The number of rotatable bonds is 7. The summed E-state index contributed by atoms with van der Waals surface area (Å²) in [5.41, 5.74) is 0.675. The van der Waals surface area contributed by atoms with Crippen LogP contribution in [0.3, 0.4) is 0 Å². The van der Waals surface area contributed by atoms with Crippen LogP contribution in [-0.4, -0.2) is 48.3 Å². The number of anilines is 2. The van der Waals surface area contributed by atoms with Crippen LogP contribution in [0.15, 0.2) is 42.6 Å². The van der Waals surface area contributed by atoms with E-state index in [2.05, 4.69) is 20.9 Å². The van der Waals surface area contributed by atoms with Crippen LogP contribution in [0, 0.1) is 11.7 Å². The predicted molar refractivity (Wildman–Crippen MR) is 121 cm³/mol. The summed E-state index contributed by atoms with van der Waals surface area (Å²) in [6.45, 7) is 5.30. The van der Waals surface area contributed by atoms with Gasteiger partial charge in [0.25, 0.3) is 5.91 Å². The Morgan fingerprint density at radius 3 is 2.55 bits per heavy atom. The highest BCUT2D eigenvalue weighted by Crippen LogP contribution is 2.32. The lowest BCUT2D eigenvalue weighted by Crippen LogP contribution is -2.56. The van der Waals surface area contributed by atoms with E-state index in [9.17, 15) is 18.8 Å². The number of ether oxygens (including phenoxy) is 1. The molecule has 0 aliphatic carbocycles. The van der Waals surface area contributed by atoms with E-state index in [1.165, 1.54) is 29.3 Å². The minimum atomic E-state index is -1.01. The number of para-hydroxylation sites is 1. The molecule has 0 spiro atoms. The van der Waals surface area contributed by atoms with Gasteiger partial charge < -0.3 is 15.4 Å². The summed E-state index contributed by atoms with van der Waals surface area (Å²) in [7, 11) is 1.65. The zero-order valence-electron chi connectivity index (χ0n) is 19.0. The van der Waals surface area contributed by atoms with Gasteiger partial charge in [-0.3, -0.25) is 19.8 Å². The average Bonchev–Trinajstić information content (AvgIpc) is 3.15. The van der Waals surface area contributed by atoms with Crippen LogP contribution in [0.2, 0.25) is 0 Å². The SMILES string of the molecule is CN[C@@H](C)C(=O)N[C@H](C(=O)N1c2ncccc2C[C@@H]1OC(=O)Nc1ccccc1F)C(C)C. The van der Waals surface area contributed by atoms with Crippen LogP contribution in [0.25, 0.3) is 0 Å². The minimum Gasteiger partial charge on any atom is -0.424 e. The van der Waals surface area contributed by atoms with Crippen molar-refractivity contribution in [1.82, 2.24) is 15.6 Å². The van der Waals surface area contributed by atoms with E-state index in [1.807, 2.05) is 13.8 Å². The van der Waals surface area contributed by atoms with Gasteiger partial charge in [0.1, 0.15) is 17.7 Å². The molecule has 3 amide bonds. The number of pyridine rings is 1. The molecule has 2 heterocycles. The monoisotopic (exact) mass is 457 g/mol. The molecule has 3 atom stereocenters. The predicted octanol–water partition coefficient (Wildman–Crippen LogP) is 2.43. The number of likely N-dealkylation sites (N-methyl/N-ethyl adjacent to an activating group) is 1. The number of benzene rings is 1. The first-order valence-electron chi connectivity index (χ1n) is 10.7. The van der Waals surface area contributed by atoms with Crippen molar-refractivity contribution in [2.75, 3.05) is 17.3 Å². The summed E-state index contributed by atoms with van der Waals surface area (Å²) in [5.74, 6) is -1.29. The van der Waals surface area contributed by atoms with E-state index < -0.39 is 36.1 Å². The fraction of sp³-hybridized carbons (Fsp3) is 0.391. The number of halogens is 1. The van der Waals surface area contributed by atoms with Crippen LogP contribution < -0.4 is 20.9 Å². The van der Waals surface area contributed by atoms with Crippen molar-refractivity contribution in [2.24, 2.45) is 5.92 Å². The van der Waals surface area contributed by atoms with Gasteiger partial charge >= 0.3 is 6.09 Å². The number of aromatic nitrogens is 1. The number of fused-ring (bicyclic) bond motifs is 1. The smallest absolute Gasteiger partial charge is 0.413 e. The Labute approximate surface area is 191 Å². The summed E-state index contributed by atoms with van der Waals surface area (Å²) in [6.07, 6.45) is -0.170. The van der Waals surface area contributed by atoms with E-state index in [-0.39, 0.29) is 23.9 Å². The van der Waals surface area contributed by atoms with Crippen molar-refractivity contribution < 1.29 is 23.5 Å². The molecule has 0 saturated heterocycles. The van der Waals surface area contributed by atoms with Gasteiger partial charge in [0.05, 0.1) is 11.7 Å². The van der Waals surface area contributed by atoms with Crippen LogP contribution in [-0.2, 0) is 20.7 Å². The van der Waals surface area contributed by atoms with Gasteiger partial charge in [0.2, 0.25) is 5.91 Å². The molecular formula is C23H28FN5O4. The number of hydrogen-bond acceptors (Lipinski definition) is 6. The van der Waals surface area contributed by atoms with Crippen LogP contribution >= 0.6 is 0 Å². The van der Waals surface area contributed by atoms with E-state index in [4.69, 9.17) is 4.74 Å². The zero-order valence-corrected chi connectivity index (χ0v) is 19.0. The average molecular weight is 458 g/mol. The molecular weight excluding hydrogens is 429 g/mol. The normalized spacial score (nSPS) is 16.7. The molecule has 1 aliphatic rings. The van der Waals surface area contributed by atoms with E-state index in [1.54, 1.807) is 32.2 Å². The van der Waals surface area contributed by atoms with Crippen molar-refractivity contribution >= 4 is 29.4 Å². The highest BCUT2D eigenvalue weighted by Gasteiger charge is 2.41. The highest BCUT2D eigenvalue weighted by atomic mass is 19.1. The topological polar surface area (TPSA) is 113 Å². The number of carbonyl (C=O) groups is 3. The molecule has 2 aromatic rings. The maximum Gasteiger partial charge on any atom is 0.413 e. The third-order valence-corrected chi connectivity index (χ3v) is 5.43. The van der Waals surface area contributed by atoms with E-state index >= 15 is 0 Å². The number of nitrogens with one attached hydrogen (secondary N) is 3. The first-order chi connectivity index (χ1) is 15.7. The number of hydrogen-bond donors (Lipinski definition) is 3. The fourth-order valence-corrected chi connectivity index (χ4v) is 3.46. The summed E-state index contributed by atoms with van der Waals surface area (Å²) < 4.78 is 19.4. The molecule has 176 valence electrons. The maximum absolute atomic E-state index is 13.9. The lowest BCUT2D eigenvalue weighted by molar-refractivity contribution is -0.130. The molecule has 0 unspecified atom stereocenters. The van der Waals surface area contributed by atoms with Crippen molar-refractivity contribution in [1.29, 1.82) is 0 Å². The van der Waals surface area contributed by atoms with Crippen molar-refractivity contribution in [3.05, 3.63) is 54.0 Å². The number of nitrogens with zero attached hydrogens (tertiary/aromatic N) is 2. The molecule has 1 aromatic heterocycles. The van der Waals surface area contributed by atoms with Crippen molar-refractivity contribution in [2.45, 2.75) is 45.5 Å². The molecule has 0 fully saturated rings. The summed E-state index contributed by atoms with van der Waals surface area (Å²) >= 11 is 0. The van der Waals surface area contributed by atoms with Gasteiger partial charge in [-0.2, -0.15) is 0 Å². The van der Waals surface area contributed by atoms with E-state index in [0.29, 0.717) is 11.4 Å². The maximum atomic E-state index is 13.9. The third kappa shape index (κ3) is 5.46. The second-order valence-corrected chi connectivity index (χ2v) is 8.10. The summed E-state index contributed by atoms with van der Waals surface area (Å²) in [4.78, 5) is 44.1. The fourth-order valence-electron chi connectivity index (χ4n) is 3.46. The summed E-state index contributed by atoms with van der Waals surface area (Å²) in [6, 6.07) is 7.82. The molecule has 0 bridgehead atoms. The molecule has 0 saturated carbocycles. The molecule has 9 nitrogen and oxygen atoms in total. The third-order valence-electron chi connectivity index (χ3n) is 5.43. The highest BCUT2D eigenvalue weighted by molar-refractivity contribution is 6.01. The Balaban J connectivity index is 1.83. The van der Waals surface area contributed by atoms with Crippen molar-refractivity contribution in [3.63, 3.8) is 0 Å². The Morgan fingerprint density at radius 2 is 1.88 bits per heavy atom. The Bertz CT molecular complexity index is 1030. The van der Waals surface area contributed by atoms with Crippen LogP contribution in [0.1, 0.15) is 26.3 Å².